The fourth-order valence-electron chi connectivity index (χ4n) is 8.86. The topological polar surface area (TPSA) is 206 Å². The molecule has 2 aliphatic heterocycles. The molecule has 4 N–H and O–H groups in total. The highest BCUT2D eigenvalue weighted by molar-refractivity contribution is 6.15. The molecule has 2 aliphatic rings. The molecule has 10 atom stereocenters. The summed E-state index contributed by atoms with van der Waals surface area (Å²) >= 11 is 0. The van der Waals surface area contributed by atoms with E-state index < -0.39 is 76.7 Å². The van der Waals surface area contributed by atoms with Crippen LogP contribution in [0, 0.1) is 17.8 Å². The van der Waals surface area contributed by atoms with Crippen molar-refractivity contribution in [2.24, 2.45) is 17.8 Å². The lowest BCUT2D eigenvalue weighted by Crippen LogP contribution is -2.62. The Morgan fingerprint density at radius 1 is 1.13 bits per heavy atom. The van der Waals surface area contributed by atoms with E-state index >= 15 is 0 Å². The highest BCUT2D eigenvalue weighted by atomic mass is 16.6. The number of hydrogen-bond acceptors (Lipinski definition) is 14. The van der Waals surface area contributed by atoms with Crippen LogP contribution in [-0.2, 0) is 44.7 Å². The van der Waals surface area contributed by atoms with E-state index in [1.807, 2.05) is 44.3 Å². The van der Waals surface area contributed by atoms with Gasteiger partial charge < -0.3 is 35.3 Å². The number of unbranched alkanes of at least 4 members (excludes halogenated alkanes) is 1. The molecule has 1 aromatic carbocycles. The molecule has 342 valence electrons. The van der Waals surface area contributed by atoms with Gasteiger partial charge in [0.2, 0.25) is 0 Å². The maximum absolute atomic E-state index is 14.2. The van der Waals surface area contributed by atoms with Gasteiger partial charge in [-0.25, -0.2) is 4.79 Å². The highest BCUT2D eigenvalue weighted by Gasteiger charge is 2.59. The zero-order valence-electron chi connectivity index (χ0n) is 38.7. The van der Waals surface area contributed by atoms with Gasteiger partial charge in [-0.05, 0) is 118 Å². The lowest BCUT2D eigenvalue weighted by Gasteiger charge is -2.42. The molecule has 62 heavy (non-hydrogen) atoms. The Bertz CT molecular complexity index is 1870. The molecule has 17 heteroatoms. The molecule has 2 radical (unpaired) electrons. The molecule has 1 aromatic heterocycles. The van der Waals surface area contributed by atoms with E-state index in [0.29, 0.717) is 56.7 Å². The molecule has 0 bridgehead atoms. The van der Waals surface area contributed by atoms with Crippen molar-refractivity contribution in [1.29, 1.82) is 0 Å². The van der Waals surface area contributed by atoms with Crippen LogP contribution in [0.25, 0.3) is 11.3 Å². The summed E-state index contributed by atoms with van der Waals surface area (Å²) < 4.78 is 25.8. The van der Waals surface area contributed by atoms with Crippen LogP contribution in [0.15, 0.2) is 30.5 Å². The number of fused-ring (bicyclic) bond motifs is 1. The Balaban J connectivity index is 1.68. The fraction of sp³-hybridized carbons (Fsp3) is 0.711. The molecule has 0 unspecified atom stereocenters. The van der Waals surface area contributed by atoms with E-state index in [9.17, 15) is 24.0 Å². The first-order chi connectivity index (χ1) is 29.0. The summed E-state index contributed by atoms with van der Waals surface area (Å²) in [5.41, 5.74) is 5.15. The largest absolute Gasteiger partial charge is 0.460 e. The van der Waals surface area contributed by atoms with Crippen molar-refractivity contribution in [1.82, 2.24) is 30.5 Å². The Kier molecular flexibility index (Phi) is 17.3. The molecule has 2 saturated heterocycles. The van der Waals surface area contributed by atoms with E-state index in [1.54, 1.807) is 51.3 Å². The number of nitrogen functional groups attached to an aromatic ring is 1. The number of cyclic esters (lactones) is 1. The second-order valence-corrected chi connectivity index (χ2v) is 18.7. The number of esters is 2. The molecule has 2 aromatic rings. The molecule has 0 spiro atoms. The number of rotatable bonds is 15. The van der Waals surface area contributed by atoms with Crippen LogP contribution in [0.2, 0.25) is 5.82 Å². The van der Waals surface area contributed by atoms with Crippen LogP contribution in [-0.4, -0.2) is 125 Å². The van der Waals surface area contributed by atoms with Gasteiger partial charge >= 0.3 is 18.0 Å². The minimum atomic E-state index is -1.37. The highest BCUT2D eigenvalue weighted by Crippen LogP contribution is 2.41. The number of ketones is 2. The molecule has 0 aliphatic carbocycles. The summed E-state index contributed by atoms with van der Waals surface area (Å²) in [7, 11) is 8.34. The number of benzene rings is 1. The summed E-state index contributed by atoms with van der Waals surface area (Å²) in [5.74, 6) is -4.47. The van der Waals surface area contributed by atoms with Gasteiger partial charge in [0.15, 0.2) is 5.60 Å². The van der Waals surface area contributed by atoms with Crippen LogP contribution in [0.5, 0.6) is 0 Å². The molecule has 2 fully saturated rings. The summed E-state index contributed by atoms with van der Waals surface area (Å²) in [5, 5.41) is 15.6. The number of Topliss-reactive ketones (excluding diaryl/α,β-unsaturated/α-hetero) is 2. The zero-order valence-corrected chi connectivity index (χ0v) is 38.7. The van der Waals surface area contributed by atoms with Gasteiger partial charge in [-0.15, -0.1) is 5.10 Å². The number of amides is 1. The smallest absolute Gasteiger partial charge is 0.410 e. The van der Waals surface area contributed by atoms with Crippen molar-refractivity contribution < 1.29 is 42.9 Å². The van der Waals surface area contributed by atoms with E-state index in [4.69, 9.17) is 32.5 Å². The third-order valence-electron chi connectivity index (χ3n) is 12.4. The Labute approximate surface area is 368 Å². The number of methoxy groups -OCH3 is 1. The third-order valence-corrected chi connectivity index (χ3v) is 12.4. The number of carbonyl (C=O) groups excluding carboxylic acids is 5. The lowest BCUT2D eigenvalue weighted by molar-refractivity contribution is -0.170. The van der Waals surface area contributed by atoms with Crippen LogP contribution >= 0.6 is 0 Å². The van der Waals surface area contributed by atoms with E-state index in [-0.39, 0.29) is 36.9 Å². The molecular formula is C45H70BN7O9. The summed E-state index contributed by atoms with van der Waals surface area (Å²) in [6.07, 6.45) is 2.56. The monoisotopic (exact) mass is 864 g/mol. The van der Waals surface area contributed by atoms with Crippen molar-refractivity contribution >= 4 is 43.1 Å². The second kappa shape index (κ2) is 21.4. The number of hydrogen-bond donors (Lipinski definition) is 3. The number of ether oxygens (including phenoxy) is 4. The van der Waals surface area contributed by atoms with Crippen molar-refractivity contribution in [2.75, 3.05) is 32.5 Å². The number of nitrogens with zero attached hydrogens (tertiary/aromatic N) is 4. The Morgan fingerprint density at radius 2 is 1.82 bits per heavy atom. The predicted octanol–water partition coefficient (Wildman–Crippen LogP) is 5.08. The van der Waals surface area contributed by atoms with Crippen molar-refractivity contribution in [3.05, 3.63) is 30.5 Å². The van der Waals surface area contributed by atoms with Gasteiger partial charge in [-0.1, -0.05) is 38.1 Å². The molecule has 3 heterocycles. The number of nitrogens with two attached hydrogens (primary N) is 1. The molecule has 1 amide bonds. The Morgan fingerprint density at radius 3 is 2.45 bits per heavy atom. The van der Waals surface area contributed by atoms with Crippen LogP contribution in [0.4, 0.5) is 10.5 Å². The quantitative estimate of drug-likeness (QED) is 0.0534. The minimum absolute atomic E-state index is 0.0408. The first-order valence-corrected chi connectivity index (χ1v) is 22.0. The minimum Gasteiger partial charge on any atom is -0.460 e. The fourth-order valence-corrected chi connectivity index (χ4v) is 8.86. The standard InChI is InChI=1S/C45H70BN7O9/c1-12-36-45(10)40(53(42(58)62-45)21-14-13-20-52-26-35(50-51-52)31-16-15-17-32(47)22-31)33(18-19-48-34(30(5)54)23-37(55)61-43(6,7)8)49-25-27(2)24-44(9,59-11)39(46)28(3)38(56)29(4)41(57)60-36/h15-17,22,26-29,33-34,36,39-40,48-49H,12-14,18-21,23-25,47H2,1-11H3/t27-,28+,29-,33-,34+,36-,39-,40-,44-,45-/m1/s1. The van der Waals surface area contributed by atoms with E-state index in [2.05, 4.69) is 27.9 Å². The lowest BCUT2D eigenvalue weighted by atomic mass is 9.62. The maximum Gasteiger partial charge on any atom is 0.410 e. The van der Waals surface area contributed by atoms with Crippen LogP contribution < -0.4 is 16.4 Å². The van der Waals surface area contributed by atoms with Gasteiger partial charge in [0.25, 0.3) is 0 Å². The first kappa shape index (κ1) is 50.3. The molecule has 16 nitrogen and oxygen atoms in total. The van der Waals surface area contributed by atoms with Gasteiger partial charge in [0.1, 0.15) is 34.9 Å². The molecular weight excluding hydrogens is 793 g/mol. The normalized spacial score (nSPS) is 29.5. The zero-order chi connectivity index (χ0) is 46.2. The molecule has 4 rings (SSSR count). The maximum atomic E-state index is 14.2. The van der Waals surface area contributed by atoms with Crippen molar-refractivity contribution in [3.8, 4) is 11.3 Å². The number of nitrogens with one attached hydrogen (secondary N) is 2. The number of aromatic nitrogens is 3. The number of aryl methyl sites for hydroxylation is 1. The van der Waals surface area contributed by atoms with Crippen LogP contribution in [0.3, 0.4) is 0 Å². The summed E-state index contributed by atoms with van der Waals surface area (Å²) in [4.78, 5) is 69.2. The van der Waals surface area contributed by atoms with Crippen molar-refractivity contribution in [3.63, 3.8) is 0 Å². The Hall–Kier alpha value is -4.35. The summed E-state index contributed by atoms with van der Waals surface area (Å²) in [6.45, 7) is 19.1. The van der Waals surface area contributed by atoms with E-state index in [0.717, 1.165) is 5.56 Å². The van der Waals surface area contributed by atoms with E-state index in [1.165, 1.54) is 13.8 Å². The second-order valence-electron chi connectivity index (χ2n) is 18.7. The van der Waals surface area contributed by atoms with Gasteiger partial charge in [-0.2, -0.15) is 0 Å². The number of carbonyl (C=O) groups is 5. The third kappa shape index (κ3) is 12.6. The van der Waals surface area contributed by atoms with Crippen molar-refractivity contribution in [2.45, 2.75) is 161 Å². The predicted molar refractivity (Wildman–Crippen MR) is 236 cm³/mol. The van der Waals surface area contributed by atoms with Crippen LogP contribution in [0.1, 0.15) is 108 Å². The average Bonchev–Trinajstić information content (AvgIpc) is 3.78. The first-order valence-electron chi connectivity index (χ1n) is 22.0. The average molecular weight is 864 g/mol. The van der Waals surface area contributed by atoms with Gasteiger partial charge in [0.05, 0.1) is 38.1 Å². The SMILES string of the molecule is [B][C@@H]1[C@@H](C)C(=O)[C@@H](C)C(=O)O[C@H](CC)[C@@]2(C)OC(=O)N(CCCCn3cc(-c4cccc(N)c4)nn3)[C@@H]2[C@@H](CCN[C@@H](CC(=O)OC(C)(C)C)C(C)=O)NC[C@H](C)C[C@@]1(C)OC. The molecule has 0 saturated carbocycles. The number of anilines is 1. The van der Waals surface area contributed by atoms with Gasteiger partial charge in [0, 0.05) is 43.4 Å². The van der Waals surface area contributed by atoms with Gasteiger partial charge in [-0.3, -0.25) is 28.8 Å². The summed E-state index contributed by atoms with van der Waals surface area (Å²) in [6, 6.07) is 5.46.